The summed E-state index contributed by atoms with van der Waals surface area (Å²) >= 11 is 0. The van der Waals surface area contributed by atoms with Gasteiger partial charge in [0, 0.05) is 5.56 Å². The Morgan fingerprint density at radius 3 is 2.35 bits per heavy atom. The van der Waals surface area contributed by atoms with Crippen LogP contribution in [0.1, 0.15) is 24.2 Å². The Hall–Kier alpha value is -2.07. The van der Waals surface area contributed by atoms with Crippen LogP contribution in [0.5, 0.6) is 17.2 Å². The maximum Gasteiger partial charge on any atom is 0.169 e. The van der Waals surface area contributed by atoms with Crippen molar-refractivity contribution in [2.45, 2.75) is 20.0 Å². The molecule has 2 rings (SSSR count). The van der Waals surface area contributed by atoms with Gasteiger partial charge in [0.15, 0.2) is 11.5 Å². The van der Waals surface area contributed by atoms with Crippen molar-refractivity contribution in [2.24, 2.45) is 0 Å². The number of para-hydroxylation sites is 2. The van der Waals surface area contributed by atoms with E-state index in [2.05, 4.69) is 0 Å². The highest BCUT2D eigenvalue weighted by molar-refractivity contribution is 5.46. The summed E-state index contributed by atoms with van der Waals surface area (Å²) in [5.74, 6) is 1.14. The quantitative estimate of drug-likeness (QED) is 0.917. The fourth-order valence-electron chi connectivity index (χ4n) is 1.91. The zero-order valence-corrected chi connectivity index (χ0v) is 11.7. The Morgan fingerprint density at radius 2 is 1.75 bits per heavy atom. The monoisotopic (exact) mass is 276 g/mol. The van der Waals surface area contributed by atoms with Crippen LogP contribution < -0.4 is 9.47 Å². The molecule has 0 fully saturated rings. The van der Waals surface area contributed by atoms with Crippen molar-refractivity contribution >= 4 is 0 Å². The number of hydrogen-bond acceptors (Lipinski definition) is 3. The zero-order valence-electron chi connectivity index (χ0n) is 11.7. The van der Waals surface area contributed by atoms with Crippen LogP contribution in [-0.2, 0) is 0 Å². The lowest BCUT2D eigenvalue weighted by molar-refractivity contribution is 0.195. The topological polar surface area (TPSA) is 38.7 Å². The standard InChI is InChI=1S/C16H17FO3/c1-10-8-16(12(11(2)18)9-13(10)17)20-15-7-5-4-6-14(15)19-3/h4-9,11,18H,1-3H3. The summed E-state index contributed by atoms with van der Waals surface area (Å²) in [4.78, 5) is 0. The van der Waals surface area contributed by atoms with Gasteiger partial charge in [0.05, 0.1) is 13.2 Å². The first-order valence-corrected chi connectivity index (χ1v) is 6.32. The molecule has 0 heterocycles. The van der Waals surface area contributed by atoms with E-state index in [0.717, 1.165) is 0 Å². The number of methoxy groups -OCH3 is 1. The average molecular weight is 276 g/mol. The molecule has 0 bridgehead atoms. The molecule has 1 atom stereocenters. The van der Waals surface area contributed by atoms with Gasteiger partial charge in [-0.25, -0.2) is 4.39 Å². The highest BCUT2D eigenvalue weighted by atomic mass is 19.1. The smallest absolute Gasteiger partial charge is 0.169 e. The fraction of sp³-hybridized carbons (Fsp3) is 0.250. The number of benzene rings is 2. The molecular formula is C16H17FO3. The zero-order chi connectivity index (χ0) is 14.7. The Bertz CT molecular complexity index is 609. The third-order valence-electron chi connectivity index (χ3n) is 3.03. The Morgan fingerprint density at radius 1 is 1.10 bits per heavy atom. The van der Waals surface area contributed by atoms with E-state index in [4.69, 9.17) is 9.47 Å². The van der Waals surface area contributed by atoms with E-state index < -0.39 is 6.10 Å². The minimum Gasteiger partial charge on any atom is -0.493 e. The SMILES string of the molecule is COc1ccccc1Oc1cc(C)c(F)cc1C(C)O. The number of rotatable bonds is 4. The summed E-state index contributed by atoms with van der Waals surface area (Å²) < 4.78 is 24.6. The lowest BCUT2D eigenvalue weighted by atomic mass is 10.1. The van der Waals surface area contributed by atoms with Crippen LogP contribution in [0.25, 0.3) is 0 Å². The number of aliphatic hydroxyl groups excluding tert-OH is 1. The van der Waals surface area contributed by atoms with Crippen molar-refractivity contribution in [1.82, 2.24) is 0 Å². The molecule has 0 amide bonds. The maximum absolute atomic E-state index is 13.6. The molecule has 0 saturated heterocycles. The van der Waals surface area contributed by atoms with E-state index in [9.17, 15) is 9.50 Å². The van der Waals surface area contributed by atoms with Crippen LogP contribution >= 0.6 is 0 Å². The summed E-state index contributed by atoms with van der Waals surface area (Å²) in [6.45, 7) is 3.22. The summed E-state index contributed by atoms with van der Waals surface area (Å²) in [5.41, 5.74) is 0.860. The molecule has 2 aromatic carbocycles. The van der Waals surface area contributed by atoms with Crippen LogP contribution in [0, 0.1) is 12.7 Å². The Balaban J connectivity index is 2.45. The van der Waals surface area contributed by atoms with E-state index in [1.807, 2.05) is 12.1 Å². The predicted octanol–water partition coefficient (Wildman–Crippen LogP) is 3.99. The molecule has 1 N–H and O–H groups in total. The number of aryl methyl sites for hydroxylation is 1. The van der Waals surface area contributed by atoms with E-state index in [0.29, 0.717) is 28.4 Å². The molecule has 0 aliphatic heterocycles. The molecular weight excluding hydrogens is 259 g/mol. The second-order valence-electron chi connectivity index (χ2n) is 4.57. The van der Waals surface area contributed by atoms with Gasteiger partial charge in [-0.2, -0.15) is 0 Å². The molecule has 3 nitrogen and oxygen atoms in total. The van der Waals surface area contributed by atoms with Crippen molar-refractivity contribution in [2.75, 3.05) is 7.11 Å². The summed E-state index contributed by atoms with van der Waals surface area (Å²) in [5, 5.41) is 9.75. The van der Waals surface area contributed by atoms with Gasteiger partial charge in [-0.1, -0.05) is 12.1 Å². The van der Waals surface area contributed by atoms with Crippen molar-refractivity contribution in [1.29, 1.82) is 0 Å². The van der Waals surface area contributed by atoms with Gasteiger partial charge in [-0.15, -0.1) is 0 Å². The van der Waals surface area contributed by atoms with Crippen LogP contribution in [0.3, 0.4) is 0 Å². The van der Waals surface area contributed by atoms with Gasteiger partial charge in [-0.05, 0) is 43.7 Å². The Labute approximate surface area is 117 Å². The second kappa shape index (κ2) is 5.92. The third kappa shape index (κ3) is 2.91. The minimum absolute atomic E-state index is 0.367. The van der Waals surface area contributed by atoms with Crippen LogP contribution in [0.15, 0.2) is 36.4 Å². The third-order valence-corrected chi connectivity index (χ3v) is 3.03. The molecule has 0 spiro atoms. The van der Waals surface area contributed by atoms with Gasteiger partial charge < -0.3 is 14.6 Å². The average Bonchev–Trinajstić information content (AvgIpc) is 2.43. The van der Waals surface area contributed by atoms with E-state index in [-0.39, 0.29) is 5.82 Å². The maximum atomic E-state index is 13.6. The molecule has 0 radical (unpaired) electrons. The molecule has 106 valence electrons. The molecule has 20 heavy (non-hydrogen) atoms. The second-order valence-corrected chi connectivity index (χ2v) is 4.57. The molecule has 0 aliphatic rings. The molecule has 0 saturated carbocycles. The number of ether oxygens (including phenoxy) is 2. The summed E-state index contributed by atoms with van der Waals surface area (Å²) in [7, 11) is 1.55. The van der Waals surface area contributed by atoms with E-state index in [1.54, 1.807) is 39.2 Å². The first kappa shape index (κ1) is 14.3. The van der Waals surface area contributed by atoms with Crippen LogP contribution in [0.2, 0.25) is 0 Å². The lowest BCUT2D eigenvalue weighted by Crippen LogP contribution is -2.00. The van der Waals surface area contributed by atoms with Gasteiger partial charge in [0.25, 0.3) is 0 Å². The molecule has 0 aliphatic carbocycles. The highest BCUT2D eigenvalue weighted by Crippen LogP contribution is 2.36. The molecule has 0 aromatic heterocycles. The van der Waals surface area contributed by atoms with Crippen molar-refractivity contribution in [3.63, 3.8) is 0 Å². The minimum atomic E-state index is -0.824. The molecule has 2 aromatic rings. The van der Waals surface area contributed by atoms with Crippen molar-refractivity contribution in [3.05, 3.63) is 53.3 Å². The summed E-state index contributed by atoms with van der Waals surface area (Å²) in [6, 6.07) is 10.0. The first-order chi connectivity index (χ1) is 9.52. The number of hydrogen-bond donors (Lipinski definition) is 1. The van der Waals surface area contributed by atoms with Gasteiger partial charge in [0.2, 0.25) is 0 Å². The van der Waals surface area contributed by atoms with Gasteiger partial charge in [0.1, 0.15) is 11.6 Å². The van der Waals surface area contributed by atoms with E-state index >= 15 is 0 Å². The van der Waals surface area contributed by atoms with Crippen LogP contribution in [0.4, 0.5) is 4.39 Å². The summed E-state index contributed by atoms with van der Waals surface area (Å²) in [6.07, 6.45) is -0.824. The van der Waals surface area contributed by atoms with Gasteiger partial charge >= 0.3 is 0 Å². The normalized spacial score (nSPS) is 12.1. The van der Waals surface area contributed by atoms with Gasteiger partial charge in [-0.3, -0.25) is 0 Å². The lowest BCUT2D eigenvalue weighted by Gasteiger charge is -2.16. The number of halogens is 1. The van der Waals surface area contributed by atoms with E-state index in [1.165, 1.54) is 6.07 Å². The van der Waals surface area contributed by atoms with Crippen molar-refractivity contribution in [3.8, 4) is 17.2 Å². The predicted molar refractivity (Wildman–Crippen MR) is 74.8 cm³/mol. The Kier molecular flexibility index (Phi) is 4.25. The first-order valence-electron chi connectivity index (χ1n) is 6.32. The largest absolute Gasteiger partial charge is 0.493 e. The number of aliphatic hydroxyl groups is 1. The highest BCUT2D eigenvalue weighted by Gasteiger charge is 2.15. The molecule has 1 unspecified atom stereocenters. The van der Waals surface area contributed by atoms with Crippen LogP contribution in [-0.4, -0.2) is 12.2 Å². The van der Waals surface area contributed by atoms with Crippen molar-refractivity contribution < 1.29 is 19.0 Å². The fourth-order valence-corrected chi connectivity index (χ4v) is 1.91. The molecule has 4 heteroatoms.